The minimum Gasteiger partial charge on any atom is -0.492 e. The van der Waals surface area contributed by atoms with Crippen molar-refractivity contribution < 1.29 is 9.53 Å². The van der Waals surface area contributed by atoms with Crippen molar-refractivity contribution in [2.24, 2.45) is 5.73 Å². The van der Waals surface area contributed by atoms with Gasteiger partial charge in [-0.15, -0.1) is 12.4 Å². The van der Waals surface area contributed by atoms with Gasteiger partial charge in [0.15, 0.2) is 0 Å². The zero-order valence-electron chi connectivity index (χ0n) is 8.83. The summed E-state index contributed by atoms with van der Waals surface area (Å²) in [5.74, 6) is 0.400. The summed E-state index contributed by atoms with van der Waals surface area (Å²) in [6.45, 7) is 2.39. The van der Waals surface area contributed by atoms with Crippen LogP contribution in [0.4, 0.5) is 5.69 Å². The molecule has 0 saturated carbocycles. The molecule has 0 aromatic heterocycles. The predicted octanol–water partition coefficient (Wildman–Crippen LogP) is 2.17. The summed E-state index contributed by atoms with van der Waals surface area (Å²) in [5.41, 5.74) is 5.84. The summed E-state index contributed by atoms with van der Waals surface area (Å²) < 4.78 is 6.23. The van der Waals surface area contributed by atoms with Crippen LogP contribution in [-0.4, -0.2) is 19.1 Å². The van der Waals surface area contributed by atoms with Crippen LogP contribution in [0, 0.1) is 0 Å². The first-order valence-electron chi connectivity index (χ1n) is 4.59. The molecule has 0 saturated heterocycles. The number of carbonyl (C=O) groups is 1. The molecule has 0 heterocycles. The van der Waals surface area contributed by atoms with E-state index in [0.29, 0.717) is 18.0 Å². The lowest BCUT2D eigenvalue weighted by molar-refractivity contribution is -0.114. The van der Waals surface area contributed by atoms with Crippen LogP contribution in [0.25, 0.3) is 0 Å². The van der Waals surface area contributed by atoms with Crippen molar-refractivity contribution in [2.45, 2.75) is 6.92 Å². The van der Waals surface area contributed by atoms with E-state index < -0.39 is 0 Å². The van der Waals surface area contributed by atoms with Gasteiger partial charge >= 0.3 is 0 Å². The maximum Gasteiger partial charge on any atom is 0.238 e. The second kappa shape index (κ2) is 7.49. The molecule has 0 bridgehead atoms. The normalized spacial score (nSPS) is 9.19. The standard InChI is InChI=1S/C10H13BrN2O2.ClH/c1-2-15-9-4-3-7(11)5-8(9)13-10(14)6-12;/h3-5H,2,6,12H2,1H3,(H,13,14);1H. The molecule has 1 amide bonds. The Hall–Kier alpha value is -0.780. The Morgan fingerprint density at radius 1 is 1.56 bits per heavy atom. The molecule has 1 rings (SSSR count). The van der Waals surface area contributed by atoms with Crippen LogP contribution in [0.1, 0.15) is 6.92 Å². The Bertz CT molecular complexity index is 361. The van der Waals surface area contributed by atoms with E-state index in [2.05, 4.69) is 21.2 Å². The predicted molar refractivity (Wildman–Crippen MR) is 70.2 cm³/mol. The minimum atomic E-state index is -0.242. The quantitative estimate of drug-likeness (QED) is 0.896. The number of nitrogens with two attached hydrogens (primary N) is 1. The highest BCUT2D eigenvalue weighted by Gasteiger charge is 2.06. The van der Waals surface area contributed by atoms with Crippen molar-refractivity contribution in [1.29, 1.82) is 0 Å². The highest BCUT2D eigenvalue weighted by molar-refractivity contribution is 9.10. The highest BCUT2D eigenvalue weighted by Crippen LogP contribution is 2.28. The van der Waals surface area contributed by atoms with Crippen LogP contribution in [0.15, 0.2) is 22.7 Å². The smallest absolute Gasteiger partial charge is 0.238 e. The van der Waals surface area contributed by atoms with Crippen molar-refractivity contribution in [1.82, 2.24) is 0 Å². The molecule has 16 heavy (non-hydrogen) atoms. The van der Waals surface area contributed by atoms with Crippen LogP contribution >= 0.6 is 28.3 Å². The summed E-state index contributed by atoms with van der Waals surface area (Å²) in [6, 6.07) is 5.42. The van der Waals surface area contributed by atoms with Gasteiger partial charge in [0, 0.05) is 4.47 Å². The number of benzene rings is 1. The second-order valence-corrected chi connectivity index (χ2v) is 3.74. The monoisotopic (exact) mass is 308 g/mol. The zero-order valence-corrected chi connectivity index (χ0v) is 11.2. The number of carbonyl (C=O) groups excluding carboxylic acids is 1. The largest absolute Gasteiger partial charge is 0.492 e. The number of hydrogen-bond donors (Lipinski definition) is 2. The molecule has 0 aliphatic rings. The molecule has 0 aliphatic heterocycles. The van der Waals surface area contributed by atoms with Crippen LogP contribution < -0.4 is 15.8 Å². The van der Waals surface area contributed by atoms with Gasteiger partial charge < -0.3 is 15.8 Å². The van der Waals surface area contributed by atoms with Gasteiger partial charge in [-0.1, -0.05) is 15.9 Å². The molecule has 3 N–H and O–H groups in total. The number of halogens is 2. The fourth-order valence-electron chi connectivity index (χ4n) is 1.08. The maximum absolute atomic E-state index is 11.1. The molecule has 6 heteroatoms. The van der Waals surface area contributed by atoms with Crippen LogP contribution in [-0.2, 0) is 4.79 Å². The minimum absolute atomic E-state index is 0. The van der Waals surface area contributed by atoms with E-state index in [1.807, 2.05) is 13.0 Å². The molecule has 0 radical (unpaired) electrons. The molecule has 0 unspecified atom stereocenters. The fourth-order valence-corrected chi connectivity index (χ4v) is 1.44. The lowest BCUT2D eigenvalue weighted by atomic mass is 10.3. The number of ether oxygens (including phenoxy) is 1. The van der Waals surface area contributed by atoms with Crippen molar-refractivity contribution in [2.75, 3.05) is 18.5 Å². The Morgan fingerprint density at radius 3 is 2.81 bits per heavy atom. The third-order valence-corrected chi connectivity index (χ3v) is 2.19. The molecular formula is C10H14BrClN2O2. The molecule has 0 atom stereocenters. The van der Waals surface area contributed by atoms with Crippen LogP contribution in [0.5, 0.6) is 5.75 Å². The molecule has 0 aliphatic carbocycles. The first-order valence-corrected chi connectivity index (χ1v) is 5.39. The van der Waals surface area contributed by atoms with E-state index in [4.69, 9.17) is 10.5 Å². The average Bonchev–Trinajstić information content (AvgIpc) is 2.22. The SMILES string of the molecule is CCOc1ccc(Br)cc1NC(=O)CN.Cl. The molecule has 1 aromatic carbocycles. The van der Waals surface area contributed by atoms with E-state index >= 15 is 0 Å². The van der Waals surface area contributed by atoms with Gasteiger partial charge in [0.05, 0.1) is 18.8 Å². The lowest BCUT2D eigenvalue weighted by Crippen LogP contribution is -2.22. The zero-order chi connectivity index (χ0) is 11.3. The number of amides is 1. The van der Waals surface area contributed by atoms with Gasteiger partial charge in [-0.05, 0) is 25.1 Å². The van der Waals surface area contributed by atoms with Crippen molar-refractivity contribution in [3.63, 3.8) is 0 Å². The molecule has 4 nitrogen and oxygen atoms in total. The van der Waals surface area contributed by atoms with Gasteiger partial charge in [0.2, 0.25) is 5.91 Å². The summed E-state index contributed by atoms with van der Waals surface area (Å²) in [4.78, 5) is 11.1. The average molecular weight is 310 g/mol. The number of nitrogens with one attached hydrogen (secondary N) is 1. The van der Waals surface area contributed by atoms with Gasteiger partial charge in [-0.25, -0.2) is 0 Å². The second-order valence-electron chi connectivity index (χ2n) is 2.83. The van der Waals surface area contributed by atoms with Gasteiger partial charge in [0.25, 0.3) is 0 Å². The Morgan fingerprint density at radius 2 is 2.25 bits per heavy atom. The molecular weight excluding hydrogens is 295 g/mol. The fraction of sp³-hybridized carbons (Fsp3) is 0.300. The van der Waals surface area contributed by atoms with E-state index in [0.717, 1.165) is 4.47 Å². The molecule has 0 spiro atoms. The Kier molecular flexibility index (Phi) is 7.12. The molecule has 90 valence electrons. The van der Waals surface area contributed by atoms with Gasteiger partial charge in [-0.3, -0.25) is 4.79 Å². The Balaban J connectivity index is 0.00000225. The van der Waals surface area contributed by atoms with Crippen LogP contribution in [0.3, 0.4) is 0 Å². The van der Waals surface area contributed by atoms with E-state index in [1.165, 1.54) is 0 Å². The number of anilines is 1. The maximum atomic E-state index is 11.1. The van der Waals surface area contributed by atoms with Gasteiger partial charge in [-0.2, -0.15) is 0 Å². The van der Waals surface area contributed by atoms with Crippen molar-refractivity contribution in [3.05, 3.63) is 22.7 Å². The van der Waals surface area contributed by atoms with Crippen LogP contribution in [0.2, 0.25) is 0 Å². The lowest BCUT2D eigenvalue weighted by Gasteiger charge is -2.11. The summed E-state index contributed by atoms with van der Waals surface area (Å²) >= 11 is 3.32. The first-order chi connectivity index (χ1) is 7.17. The first kappa shape index (κ1) is 15.2. The van der Waals surface area contributed by atoms with E-state index in [-0.39, 0.29) is 24.9 Å². The topological polar surface area (TPSA) is 64.3 Å². The Labute approximate surface area is 109 Å². The number of hydrogen-bond acceptors (Lipinski definition) is 3. The number of rotatable bonds is 4. The third-order valence-electron chi connectivity index (χ3n) is 1.70. The van der Waals surface area contributed by atoms with E-state index in [9.17, 15) is 4.79 Å². The summed E-state index contributed by atoms with van der Waals surface area (Å²) in [5, 5.41) is 2.67. The van der Waals surface area contributed by atoms with E-state index in [1.54, 1.807) is 12.1 Å². The highest BCUT2D eigenvalue weighted by atomic mass is 79.9. The molecule has 0 fully saturated rings. The third kappa shape index (κ3) is 4.38. The van der Waals surface area contributed by atoms with Gasteiger partial charge in [0.1, 0.15) is 5.75 Å². The molecule has 1 aromatic rings. The summed E-state index contributed by atoms with van der Waals surface area (Å²) in [6.07, 6.45) is 0. The van der Waals surface area contributed by atoms with Crippen molar-refractivity contribution >= 4 is 39.9 Å². The van der Waals surface area contributed by atoms with Crippen molar-refractivity contribution in [3.8, 4) is 5.75 Å². The summed E-state index contributed by atoms with van der Waals surface area (Å²) in [7, 11) is 0.